The van der Waals surface area contributed by atoms with Crippen molar-refractivity contribution < 1.29 is 23.9 Å². The molecule has 8 heteroatoms. The van der Waals surface area contributed by atoms with Gasteiger partial charge < -0.3 is 14.8 Å². The van der Waals surface area contributed by atoms with Gasteiger partial charge in [0.15, 0.2) is 18.1 Å². The zero-order valence-electron chi connectivity index (χ0n) is 21.2. The van der Waals surface area contributed by atoms with Crippen LogP contribution in [0.25, 0.3) is 6.08 Å². The molecule has 0 aromatic heterocycles. The van der Waals surface area contributed by atoms with Gasteiger partial charge in [0.05, 0.1) is 18.6 Å². The lowest BCUT2D eigenvalue weighted by Gasteiger charge is -2.14. The van der Waals surface area contributed by atoms with Crippen LogP contribution in [0.15, 0.2) is 65.6 Å². The molecule has 0 unspecified atom stereocenters. The van der Waals surface area contributed by atoms with Crippen LogP contribution in [0.3, 0.4) is 0 Å². The Labute approximate surface area is 220 Å². The van der Waals surface area contributed by atoms with E-state index in [1.54, 1.807) is 24.3 Å². The van der Waals surface area contributed by atoms with Crippen molar-refractivity contribution in [1.82, 2.24) is 4.90 Å². The predicted molar refractivity (Wildman–Crippen MR) is 146 cm³/mol. The number of ether oxygens (including phenoxy) is 2. The van der Waals surface area contributed by atoms with Crippen molar-refractivity contribution >= 4 is 40.6 Å². The first kappa shape index (κ1) is 26.0. The average Bonchev–Trinajstić information content (AvgIpc) is 3.13. The number of rotatable bonds is 8. The first-order valence-corrected chi connectivity index (χ1v) is 12.5. The van der Waals surface area contributed by atoms with Gasteiger partial charge >= 0.3 is 0 Å². The molecule has 0 aliphatic carbocycles. The molecule has 0 bridgehead atoms. The van der Waals surface area contributed by atoms with E-state index in [1.807, 2.05) is 63.2 Å². The molecular formula is C29H28N2O5S. The lowest BCUT2D eigenvalue weighted by Crippen LogP contribution is -2.27. The van der Waals surface area contributed by atoms with Gasteiger partial charge in [0.2, 0.25) is 0 Å². The molecule has 1 N–H and O–H groups in total. The van der Waals surface area contributed by atoms with Crippen LogP contribution in [0.2, 0.25) is 0 Å². The second-order valence-corrected chi connectivity index (χ2v) is 9.73. The number of imide groups is 1. The standard InChI is InChI=1S/C29H28N2O5S/c1-18-9-11-23(13-20(18)3)30-27(32)17-36-24-12-10-21(14-25(24)35-4)15-26-28(33)31(29(34)37-26)16-22-8-6-5-7-19(22)2/h5-15H,16-17H2,1-4H3,(H,30,32)/b26-15-. The second kappa shape index (κ2) is 11.3. The molecule has 0 saturated carbocycles. The zero-order chi connectivity index (χ0) is 26.5. The Morgan fingerprint density at radius 1 is 0.946 bits per heavy atom. The fourth-order valence-electron chi connectivity index (χ4n) is 3.80. The van der Waals surface area contributed by atoms with Crippen molar-refractivity contribution in [3.8, 4) is 11.5 Å². The highest BCUT2D eigenvalue weighted by Gasteiger charge is 2.35. The Hall–Kier alpha value is -4.04. The molecule has 1 saturated heterocycles. The van der Waals surface area contributed by atoms with E-state index in [4.69, 9.17) is 9.47 Å². The molecule has 0 atom stereocenters. The highest BCUT2D eigenvalue weighted by atomic mass is 32.2. The maximum absolute atomic E-state index is 12.9. The highest BCUT2D eigenvalue weighted by Crippen LogP contribution is 2.35. The quantitative estimate of drug-likeness (QED) is 0.377. The fraction of sp³-hybridized carbons (Fsp3) is 0.207. The van der Waals surface area contributed by atoms with Gasteiger partial charge in [-0.1, -0.05) is 36.4 Å². The number of nitrogens with one attached hydrogen (secondary N) is 1. The molecule has 37 heavy (non-hydrogen) atoms. The van der Waals surface area contributed by atoms with Crippen LogP contribution in [0.1, 0.15) is 27.8 Å². The van der Waals surface area contributed by atoms with Crippen molar-refractivity contribution in [3.63, 3.8) is 0 Å². The van der Waals surface area contributed by atoms with Crippen LogP contribution >= 0.6 is 11.8 Å². The minimum atomic E-state index is -0.333. The van der Waals surface area contributed by atoms with E-state index in [1.165, 1.54) is 12.0 Å². The van der Waals surface area contributed by atoms with E-state index in [-0.39, 0.29) is 30.2 Å². The minimum Gasteiger partial charge on any atom is -0.493 e. The first-order valence-electron chi connectivity index (χ1n) is 11.7. The Morgan fingerprint density at radius 3 is 2.46 bits per heavy atom. The van der Waals surface area contributed by atoms with Crippen LogP contribution in [-0.4, -0.2) is 35.7 Å². The van der Waals surface area contributed by atoms with Gasteiger partial charge in [0, 0.05) is 5.69 Å². The van der Waals surface area contributed by atoms with E-state index in [9.17, 15) is 14.4 Å². The number of nitrogens with zero attached hydrogens (tertiary/aromatic N) is 1. The summed E-state index contributed by atoms with van der Waals surface area (Å²) in [7, 11) is 1.50. The molecule has 4 rings (SSSR count). The molecule has 0 spiro atoms. The van der Waals surface area contributed by atoms with Gasteiger partial charge in [-0.25, -0.2) is 0 Å². The molecule has 1 heterocycles. The van der Waals surface area contributed by atoms with Crippen molar-refractivity contribution in [2.45, 2.75) is 27.3 Å². The van der Waals surface area contributed by atoms with Gasteiger partial charge in [-0.05, 0) is 90.7 Å². The van der Waals surface area contributed by atoms with Crippen LogP contribution in [0, 0.1) is 20.8 Å². The summed E-state index contributed by atoms with van der Waals surface area (Å²) >= 11 is 0.910. The lowest BCUT2D eigenvalue weighted by atomic mass is 10.1. The summed E-state index contributed by atoms with van der Waals surface area (Å²) in [6.07, 6.45) is 1.65. The molecule has 3 aromatic carbocycles. The third-order valence-electron chi connectivity index (χ3n) is 6.10. The number of carbonyl (C=O) groups excluding carboxylic acids is 3. The van der Waals surface area contributed by atoms with Crippen LogP contribution in [0.4, 0.5) is 10.5 Å². The Kier molecular flexibility index (Phi) is 7.98. The molecule has 1 aliphatic rings. The Morgan fingerprint density at radius 2 is 1.73 bits per heavy atom. The number of hydrogen-bond donors (Lipinski definition) is 1. The summed E-state index contributed by atoms with van der Waals surface area (Å²) in [6, 6.07) is 18.5. The van der Waals surface area contributed by atoms with Crippen molar-refractivity contribution in [1.29, 1.82) is 0 Å². The fourth-order valence-corrected chi connectivity index (χ4v) is 4.64. The average molecular weight is 517 g/mol. The summed E-state index contributed by atoms with van der Waals surface area (Å²) in [5.74, 6) is 0.173. The maximum Gasteiger partial charge on any atom is 0.293 e. The topological polar surface area (TPSA) is 84.9 Å². The molecule has 0 radical (unpaired) electrons. The summed E-state index contributed by atoms with van der Waals surface area (Å²) in [6.45, 7) is 5.98. The van der Waals surface area contributed by atoms with Crippen LogP contribution < -0.4 is 14.8 Å². The van der Waals surface area contributed by atoms with Crippen molar-refractivity contribution in [2.75, 3.05) is 19.0 Å². The third-order valence-corrected chi connectivity index (χ3v) is 7.01. The number of anilines is 1. The zero-order valence-corrected chi connectivity index (χ0v) is 22.0. The number of methoxy groups -OCH3 is 1. The largest absolute Gasteiger partial charge is 0.493 e. The van der Waals surface area contributed by atoms with Crippen molar-refractivity contribution in [3.05, 3.63) is 93.4 Å². The Balaban J connectivity index is 1.42. The van der Waals surface area contributed by atoms with Crippen LogP contribution in [0.5, 0.6) is 11.5 Å². The van der Waals surface area contributed by atoms with Gasteiger partial charge in [-0.3, -0.25) is 19.3 Å². The number of amides is 3. The number of carbonyl (C=O) groups is 3. The monoisotopic (exact) mass is 516 g/mol. The number of aryl methyl sites for hydroxylation is 3. The molecule has 3 amide bonds. The smallest absolute Gasteiger partial charge is 0.293 e. The predicted octanol–water partition coefficient (Wildman–Crippen LogP) is 5.87. The van der Waals surface area contributed by atoms with Gasteiger partial charge in [0.1, 0.15) is 0 Å². The number of hydrogen-bond acceptors (Lipinski definition) is 6. The molecule has 1 fully saturated rings. The molecule has 7 nitrogen and oxygen atoms in total. The van der Waals surface area contributed by atoms with Gasteiger partial charge in [-0.15, -0.1) is 0 Å². The minimum absolute atomic E-state index is 0.194. The van der Waals surface area contributed by atoms with Gasteiger partial charge in [0.25, 0.3) is 17.1 Å². The van der Waals surface area contributed by atoms with Crippen molar-refractivity contribution in [2.24, 2.45) is 0 Å². The number of benzene rings is 3. The molecule has 1 aliphatic heterocycles. The van der Waals surface area contributed by atoms with Gasteiger partial charge in [-0.2, -0.15) is 0 Å². The lowest BCUT2D eigenvalue weighted by molar-refractivity contribution is -0.123. The first-order chi connectivity index (χ1) is 17.7. The maximum atomic E-state index is 12.9. The number of thioether (sulfide) groups is 1. The molecular weight excluding hydrogens is 488 g/mol. The summed E-state index contributed by atoms with van der Waals surface area (Å²) in [4.78, 5) is 39.4. The second-order valence-electron chi connectivity index (χ2n) is 8.74. The summed E-state index contributed by atoms with van der Waals surface area (Å²) in [5.41, 5.74) is 5.56. The van der Waals surface area contributed by atoms with Crippen LogP contribution in [-0.2, 0) is 16.1 Å². The molecule has 3 aromatic rings. The molecule has 190 valence electrons. The Bertz CT molecular complexity index is 1400. The van der Waals surface area contributed by atoms with E-state index >= 15 is 0 Å². The van der Waals surface area contributed by atoms with E-state index in [0.717, 1.165) is 34.0 Å². The summed E-state index contributed by atoms with van der Waals surface area (Å²) in [5, 5.41) is 2.52. The van der Waals surface area contributed by atoms with E-state index in [2.05, 4.69) is 5.32 Å². The highest BCUT2D eigenvalue weighted by molar-refractivity contribution is 8.18. The van der Waals surface area contributed by atoms with E-state index in [0.29, 0.717) is 27.7 Å². The SMILES string of the molecule is COc1cc(/C=C2\SC(=O)N(Cc3ccccc3C)C2=O)ccc1OCC(=O)Nc1ccc(C)c(C)c1. The van der Waals surface area contributed by atoms with E-state index < -0.39 is 0 Å². The third kappa shape index (κ3) is 6.21. The normalized spacial score (nSPS) is 14.3. The summed E-state index contributed by atoms with van der Waals surface area (Å²) < 4.78 is 11.1.